The molecule has 1 aliphatic heterocycles. The van der Waals surface area contributed by atoms with Crippen LogP contribution in [0.5, 0.6) is 0 Å². The molecule has 0 spiro atoms. The molecule has 0 radical (unpaired) electrons. The smallest absolute Gasteiger partial charge is 0.355 e. The van der Waals surface area contributed by atoms with Crippen LogP contribution in [0.15, 0.2) is 47.1 Å². The Morgan fingerprint density at radius 3 is 2.62 bits per heavy atom. The normalized spacial score (nSPS) is 16.9. The third kappa shape index (κ3) is 5.70. The number of benzene rings is 1. The lowest BCUT2D eigenvalue weighted by molar-refractivity contribution is -0.137. The van der Waals surface area contributed by atoms with Gasteiger partial charge in [-0.15, -0.1) is 0 Å². The molecule has 1 saturated heterocycles. The Hall–Kier alpha value is -2.13. The fraction of sp³-hybridized carbons (Fsp3) is 0.400. The van der Waals surface area contributed by atoms with Crippen molar-refractivity contribution in [1.82, 2.24) is 9.88 Å². The molecule has 156 valence electrons. The van der Waals surface area contributed by atoms with Crippen LogP contribution >= 0.6 is 15.9 Å². The van der Waals surface area contributed by atoms with Gasteiger partial charge < -0.3 is 10.2 Å². The molecule has 2 aromatic rings. The zero-order valence-corrected chi connectivity index (χ0v) is 17.5. The van der Waals surface area contributed by atoms with Crippen molar-refractivity contribution < 1.29 is 18.0 Å². The quantitative estimate of drug-likeness (QED) is 0.719. The molecule has 1 atom stereocenters. The molecule has 1 aliphatic rings. The Labute approximate surface area is 176 Å². The molecule has 1 N–H and O–H groups in total. The SMILES string of the molecule is C[C@H](C(=O)Nc1cccc(Br)c1)N1CCCN(c2ccc(C(F)(F)F)cn2)CC1. The lowest BCUT2D eigenvalue weighted by atomic mass is 10.2. The Kier molecular flexibility index (Phi) is 6.79. The van der Waals surface area contributed by atoms with Crippen molar-refractivity contribution >= 4 is 33.3 Å². The Bertz CT molecular complexity index is 844. The molecular formula is C20H22BrF3N4O. The van der Waals surface area contributed by atoms with Gasteiger partial charge in [-0.1, -0.05) is 22.0 Å². The highest BCUT2D eigenvalue weighted by atomic mass is 79.9. The molecule has 1 amide bonds. The summed E-state index contributed by atoms with van der Waals surface area (Å²) >= 11 is 3.38. The second kappa shape index (κ2) is 9.13. The van der Waals surface area contributed by atoms with Crippen LogP contribution < -0.4 is 10.2 Å². The summed E-state index contributed by atoms with van der Waals surface area (Å²) < 4.78 is 39.0. The average Bonchev–Trinajstić information content (AvgIpc) is 2.93. The van der Waals surface area contributed by atoms with Crippen molar-refractivity contribution in [3.8, 4) is 0 Å². The zero-order valence-electron chi connectivity index (χ0n) is 15.9. The van der Waals surface area contributed by atoms with Crippen molar-refractivity contribution in [3.05, 3.63) is 52.6 Å². The van der Waals surface area contributed by atoms with Crippen LogP contribution in [0.3, 0.4) is 0 Å². The number of pyridine rings is 1. The maximum atomic E-state index is 12.7. The minimum Gasteiger partial charge on any atom is -0.355 e. The van der Waals surface area contributed by atoms with Gasteiger partial charge in [0, 0.05) is 42.5 Å². The van der Waals surface area contributed by atoms with Crippen LogP contribution in [0.1, 0.15) is 18.9 Å². The lowest BCUT2D eigenvalue weighted by Crippen LogP contribution is -2.44. The van der Waals surface area contributed by atoms with Gasteiger partial charge in [0.1, 0.15) is 5.82 Å². The Morgan fingerprint density at radius 2 is 1.97 bits per heavy atom. The van der Waals surface area contributed by atoms with E-state index < -0.39 is 11.7 Å². The highest BCUT2D eigenvalue weighted by Crippen LogP contribution is 2.29. The molecule has 5 nitrogen and oxygen atoms in total. The fourth-order valence-electron chi connectivity index (χ4n) is 3.27. The highest BCUT2D eigenvalue weighted by Gasteiger charge is 2.31. The molecule has 0 saturated carbocycles. The van der Waals surface area contributed by atoms with Gasteiger partial charge in [0.2, 0.25) is 5.91 Å². The third-order valence-electron chi connectivity index (χ3n) is 4.95. The molecule has 1 fully saturated rings. The molecule has 9 heteroatoms. The molecule has 0 unspecified atom stereocenters. The monoisotopic (exact) mass is 470 g/mol. The van der Waals surface area contributed by atoms with E-state index in [1.165, 1.54) is 6.07 Å². The number of hydrogen-bond acceptors (Lipinski definition) is 4. The van der Waals surface area contributed by atoms with E-state index in [0.717, 1.165) is 35.4 Å². The van der Waals surface area contributed by atoms with Gasteiger partial charge in [0.25, 0.3) is 0 Å². The number of rotatable bonds is 4. The van der Waals surface area contributed by atoms with E-state index >= 15 is 0 Å². The maximum absolute atomic E-state index is 12.7. The van der Waals surface area contributed by atoms with Crippen LogP contribution in [-0.4, -0.2) is 48.0 Å². The van der Waals surface area contributed by atoms with Gasteiger partial charge in [-0.05, 0) is 43.7 Å². The molecule has 1 aromatic carbocycles. The highest BCUT2D eigenvalue weighted by molar-refractivity contribution is 9.10. The Balaban J connectivity index is 1.59. The van der Waals surface area contributed by atoms with Crippen LogP contribution in [0.4, 0.5) is 24.7 Å². The molecule has 2 heterocycles. The molecule has 0 bridgehead atoms. The number of carbonyl (C=O) groups is 1. The van der Waals surface area contributed by atoms with E-state index in [1.54, 1.807) is 0 Å². The summed E-state index contributed by atoms with van der Waals surface area (Å²) in [5, 5.41) is 2.92. The maximum Gasteiger partial charge on any atom is 0.417 e. The molecular weight excluding hydrogens is 449 g/mol. The number of nitrogens with one attached hydrogen (secondary N) is 1. The first-order valence-corrected chi connectivity index (χ1v) is 10.1. The van der Waals surface area contributed by atoms with E-state index in [1.807, 2.05) is 36.1 Å². The topological polar surface area (TPSA) is 48.5 Å². The van der Waals surface area contributed by atoms with Crippen molar-refractivity contribution in [3.63, 3.8) is 0 Å². The second-order valence-electron chi connectivity index (χ2n) is 6.95. The summed E-state index contributed by atoms with van der Waals surface area (Å²) in [6.07, 6.45) is -2.73. The van der Waals surface area contributed by atoms with Crippen LogP contribution in [0.2, 0.25) is 0 Å². The summed E-state index contributed by atoms with van der Waals surface area (Å²) in [6.45, 7) is 4.47. The van der Waals surface area contributed by atoms with Gasteiger partial charge in [-0.2, -0.15) is 13.2 Å². The van der Waals surface area contributed by atoms with Gasteiger partial charge in [0.05, 0.1) is 11.6 Å². The number of hydrogen-bond donors (Lipinski definition) is 1. The first kappa shape index (κ1) is 21.6. The predicted octanol–water partition coefficient (Wildman–Crippen LogP) is 4.40. The van der Waals surface area contributed by atoms with E-state index in [0.29, 0.717) is 25.5 Å². The fourth-order valence-corrected chi connectivity index (χ4v) is 3.67. The zero-order chi connectivity index (χ0) is 21.0. The predicted molar refractivity (Wildman–Crippen MR) is 110 cm³/mol. The van der Waals surface area contributed by atoms with E-state index in [-0.39, 0.29) is 11.9 Å². The minimum absolute atomic E-state index is 0.0933. The van der Waals surface area contributed by atoms with Crippen LogP contribution in [0, 0.1) is 0 Å². The molecule has 3 rings (SSSR count). The van der Waals surface area contributed by atoms with E-state index in [9.17, 15) is 18.0 Å². The number of nitrogens with zero attached hydrogens (tertiary/aromatic N) is 3. The first-order chi connectivity index (χ1) is 13.7. The summed E-state index contributed by atoms with van der Waals surface area (Å²) in [6, 6.07) is 9.54. The van der Waals surface area contributed by atoms with Crippen LogP contribution in [0.25, 0.3) is 0 Å². The van der Waals surface area contributed by atoms with Crippen molar-refractivity contribution in [2.75, 3.05) is 36.4 Å². The number of amides is 1. The molecule has 1 aromatic heterocycles. The number of carbonyl (C=O) groups excluding carboxylic acids is 1. The van der Waals surface area contributed by atoms with Gasteiger partial charge >= 0.3 is 6.18 Å². The summed E-state index contributed by atoms with van der Waals surface area (Å²) in [5.41, 5.74) is -0.0304. The van der Waals surface area contributed by atoms with Gasteiger partial charge in [-0.25, -0.2) is 4.98 Å². The number of halogens is 4. The van der Waals surface area contributed by atoms with E-state index in [4.69, 9.17) is 0 Å². The first-order valence-electron chi connectivity index (χ1n) is 9.33. The summed E-state index contributed by atoms with van der Waals surface area (Å²) in [4.78, 5) is 20.6. The number of aromatic nitrogens is 1. The third-order valence-corrected chi connectivity index (χ3v) is 5.44. The number of anilines is 2. The van der Waals surface area contributed by atoms with Crippen molar-refractivity contribution in [2.45, 2.75) is 25.6 Å². The largest absolute Gasteiger partial charge is 0.417 e. The Morgan fingerprint density at radius 1 is 1.17 bits per heavy atom. The summed E-state index contributed by atoms with van der Waals surface area (Å²) in [7, 11) is 0. The molecule has 29 heavy (non-hydrogen) atoms. The average molecular weight is 471 g/mol. The minimum atomic E-state index is -4.39. The lowest BCUT2D eigenvalue weighted by Gasteiger charge is -2.27. The summed E-state index contributed by atoms with van der Waals surface area (Å²) in [5.74, 6) is 0.426. The molecule has 0 aliphatic carbocycles. The van der Waals surface area contributed by atoms with Crippen molar-refractivity contribution in [2.24, 2.45) is 0 Å². The van der Waals surface area contributed by atoms with Gasteiger partial charge in [0.15, 0.2) is 0 Å². The van der Waals surface area contributed by atoms with Crippen molar-refractivity contribution in [1.29, 1.82) is 0 Å². The second-order valence-corrected chi connectivity index (χ2v) is 7.87. The number of alkyl halides is 3. The van der Waals surface area contributed by atoms with Gasteiger partial charge in [-0.3, -0.25) is 9.69 Å². The standard InChI is InChI=1S/C20H22BrF3N4O/c1-14(19(29)26-17-5-2-4-16(21)12-17)27-8-3-9-28(11-10-27)18-7-6-15(13-25-18)20(22,23)24/h2,4-7,12-14H,3,8-11H2,1H3,(H,26,29)/t14-/m1/s1. The van der Waals surface area contributed by atoms with Crippen LogP contribution in [-0.2, 0) is 11.0 Å². The van der Waals surface area contributed by atoms with E-state index in [2.05, 4.69) is 31.1 Å².